The summed E-state index contributed by atoms with van der Waals surface area (Å²) in [5, 5.41) is 5.91. The fourth-order valence-electron chi connectivity index (χ4n) is 4.62. The van der Waals surface area contributed by atoms with Gasteiger partial charge in [-0.15, -0.1) is 0 Å². The maximum absolute atomic E-state index is 14.4. The number of anilines is 1. The van der Waals surface area contributed by atoms with Crippen molar-refractivity contribution in [1.82, 2.24) is 10.2 Å². The lowest BCUT2D eigenvalue weighted by molar-refractivity contribution is -0.147. The molecule has 0 aromatic heterocycles. The number of rotatable bonds is 8. The van der Waals surface area contributed by atoms with E-state index in [-0.39, 0.29) is 17.7 Å². The number of carbonyl (C=O) groups excluding carboxylic acids is 3. The van der Waals surface area contributed by atoms with Gasteiger partial charge in [-0.1, -0.05) is 61.9 Å². The molecule has 7 heteroatoms. The third-order valence-corrected chi connectivity index (χ3v) is 6.25. The molecule has 0 aliphatic rings. The third kappa shape index (κ3) is 9.12. The first kappa shape index (κ1) is 31.9. The van der Waals surface area contributed by atoms with Crippen molar-refractivity contribution in [3.8, 4) is 0 Å². The molecule has 2 aromatic rings. The maximum Gasteiger partial charge on any atom is 0.408 e. The molecule has 0 bridgehead atoms. The van der Waals surface area contributed by atoms with E-state index in [1.165, 1.54) is 0 Å². The lowest BCUT2D eigenvalue weighted by Gasteiger charge is -2.43. The van der Waals surface area contributed by atoms with Crippen LogP contribution in [-0.2, 0) is 14.3 Å². The molecule has 2 N–H and O–H groups in total. The number of aryl methyl sites for hydroxylation is 3. The van der Waals surface area contributed by atoms with E-state index in [2.05, 4.69) is 10.6 Å². The van der Waals surface area contributed by atoms with Crippen LogP contribution < -0.4 is 10.6 Å². The van der Waals surface area contributed by atoms with Crippen molar-refractivity contribution in [3.05, 3.63) is 64.7 Å². The lowest BCUT2D eigenvalue weighted by Crippen LogP contribution is -2.58. The zero-order valence-electron chi connectivity index (χ0n) is 25.6. The molecule has 7 nitrogen and oxygen atoms in total. The molecule has 2 rings (SSSR count). The molecule has 214 valence electrons. The van der Waals surface area contributed by atoms with Gasteiger partial charge >= 0.3 is 6.09 Å². The van der Waals surface area contributed by atoms with Gasteiger partial charge in [-0.3, -0.25) is 9.59 Å². The number of amides is 3. The second kappa shape index (κ2) is 12.7. The first-order valence-corrected chi connectivity index (χ1v) is 13.7. The van der Waals surface area contributed by atoms with Gasteiger partial charge < -0.3 is 20.3 Å². The topological polar surface area (TPSA) is 87.7 Å². The minimum Gasteiger partial charge on any atom is -0.444 e. The SMILES string of the molecule is Cc1cccc(C(C(=O)Nc2c(C)cccc2C)N(C(=O)C(CC(C)C)NC(=O)OC(C)(C)C)C(C)(C)C)c1. The van der Waals surface area contributed by atoms with Gasteiger partial charge in [0.2, 0.25) is 5.91 Å². The summed E-state index contributed by atoms with van der Waals surface area (Å²) in [5.41, 5.74) is 2.80. The monoisotopic (exact) mass is 537 g/mol. The average molecular weight is 538 g/mol. The Labute approximate surface area is 234 Å². The van der Waals surface area contributed by atoms with Crippen LogP contribution in [0.25, 0.3) is 0 Å². The second-order valence-corrected chi connectivity index (χ2v) is 12.8. The van der Waals surface area contributed by atoms with Crippen LogP contribution in [0.5, 0.6) is 0 Å². The molecular weight excluding hydrogens is 490 g/mol. The predicted molar refractivity (Wildman–Crippen MR) is 158 cm³/mol. The molecular formula is C32H47N3O4. The van der Waals surface area contributed by atoms with Gasteiger partial charge in [0.05, 0.1) is 0 Å². The van der Waals surface area contributed by atoms with Crippen LogP contribution in [0, 0.1) is 26.7 Å². The standard InChI is InChI=1S/C32H47N3O4/c1-20(2)18-25(33-30(38)39-32(9,10)11)29(37)35(31(6,7)8)27(24-17-12-14-21(3)19-24)28(36)34-26-22(4)15-13-16-23(26)5/h12-17,19-20,25,27H,18H2,1-11H3,(H,33,38)(H,34,36). The molecule has 0 aliphatic carbocycles. The molecule has 0 fully saturated rings. The number of hydrogen-bond donors (Lipinski definition) is 2. The number of alkyl carbamates (subject to hydrolysis) is 1. The number of nitrogens with zero attached hydrogens (tertiary/aromatic N) is 1. The summed E-state index contributed by atoms with van der Waals surface area (Å²) in [6, 6.07) is 11.7. The molecule has 0 radical (unpaired) electrons. The highest BCUT2D eigenvalue weighted by Gasteiger charge is 2.42. The van der Waals surface area contributed by atoms with Crippen LogP contribution in [-0.4, -0.2) is 40.0 Å². The van der Waals surface area contributed by atoms with Gasteiger partial charge in [-0.25, -0.2) is 4.79 Å². The number of hydrogen-bond acceptors (Lipinski definition) is 4. The maximum atomic E-state index is 14.4. The van der Waals surface area contributed by atoms with Gasteiger partial charge in [-0.05, 0) is 91.3 Å². The van der Waals surface area contributed by atoms with Crippen molar-refractivity contribution < 1.29 is 19.1 Å². The highest BCUT2D eigenvalue weighted by molar-refractivity contribution is 6.00. The van der Waals surface area contributed by atoms with Crippen LogP contribution in [0.15, 0.2) is 42.5 Å². The second-order valence-electron chi connectivity index (χ2n) is 12.8. The largest absolute Gasteiger partial charge is 0.444 e. The molecule has 3 amide bonds. The quantitative estimate of drug-likeness (QED) is 0.385. The molecule has 0 saturated carbocycles. The molecule has 0 spiro atoms. The molecule has 2 unspecified atom stereocenters. The Morgan fingerprint density at radius 2 is 1.46 bits per heavy atom. The van der Waals surface area contributed by atoms with Crippen LogP contribution in [0.1, 0.15) is 90.1 Å². The van der Waals surface area contributed by atoms with Crippen molar-refractivity contribution in [3.63, 3.8) is 0 Å². The zero-order chi connectivity index (χ0) is 29.7. The van der Waals surface area contributed by atoms with Crippen LogP contribution >= 0.6 is 0 Å². The predicted octanol–water partition coefficient (Wildman–Crippen LogP) is 6.86. The summed E-state index contributed by atoms with van der Waals surface area (Å²) in [6.07, 6.45) is -0.272. The summed E-state index contributed by atoms with van der Waals surface area (Å²) in [4.78, 5) is 42.9. The first-order chi connectivity index (χ1) is 17.9. The van der Waals surface area contributed by atoms with E-state index >= 15 is 0 Å². The molecule has 0 heterocycles. The zero-order valence-corrected chi connectivity index (χ0v) is 25.6. The highest BCUT2D eigenvalue weighted by atomic mass is 16.6. The van der Waals surface area contributed by atoms with Gasteiger partial charge in [0.25, 0.3) is 5.91 Å². The third-order valence-electron chi connectivity index (χ3n) is 6.25. The van der Waals surface area contributed by atoms with E-state index < -0.39 is 29.3 Å². The Kier molecular flexibility index (Phi) is 10.4. The number of carbonyl (C=O) groups is 3. The van der Waals surface area contributed by atoms with Gasteiger partial charge in [0, 0.05) is 11.2 Å². The average Bonchev–Trinajstić information content (AvgIpc) is 2.76. The summed E-state index contributed by atoms with van der Waals surface area (Å²) < 4.78 is 5.48. The Morgan fingerprint density at radius 3 is 1.95 bits per heavy atom. The molecule has 39 heavy (non-hydrogen) atoms. The smallest absolute Gasteiger partial charge is 0.408 e. The highest BCUT2D eigenvalue weighted by Crippen LogP contribution is 2.33. The first-order valence-electron chi connectivity index (χ1n) is 13.7. The Hall–Kier alpha value is -3.35. The van der Waals surface area contributed by atoms with Gasteiger partial charge in [-0.2, -0.15) is 0 Å². The number of nitrogens with one attached hydrogen (secondary N) is 2. The van der Waals surface area contributed by atoms with Crippen LogP contribution in [0.4, 0.5) is 10.5 Å². The number of para-hydroxylation sites is 1. The molecule has 2 atom stereocenters. The summed E-state index contributed by atoms with van der Waals surface area (Å²) in [5.74, 6) is -0.552. The van der Waals surface area contributed by atoms with E-state index in [0.29, 0.717) is 12.0 Å². The van der Waals surface area contributed by atoms with Gasteiger partial charge in [0.15, 0.2) is 0 Å². The minimum atomic E-state index is -0.938. The summed E-state index contributed by atoms with van der Waals surface area (Å²) >= 11 is 0. The Balaban J connectivity index is 2.63. The van der Waals surface area contributed by atoms with Crippen LogP contribution in [0.3, 0.4) is 0 Å². The molecule has 0 saturated heterocycles. The Bertz CT molecular complexity index is 1150. The van der Waals surface area contributed by atoms with E-state index in [0.717, 1.165) is 22.4 Å². The van der Waals surface area contributed by atoms with Crippen molar-refractivity contribution >= 4 is 23.6 Å². The Morgan fingerprint density at radius 1 is 0.897 bits per heavy atom. The van der Waals surface area contributed by atoms with Crippen molar-refractivity contribution in [2.75, 3.05) is 5.32 Å². The van der Waals surface area contributed by atoms with Crippen molar-refractivity contribution in [1.29, 1.82) is 0 Å². The van der Waals surface area contributed by atoms with Crippen molar-refractivity contribution in [2.45, 2.75) is 106 Å². The van der Waals surface area contributed by atoms with Crippen molar-refractivity contribution in [2.24, 2.45) is 5.92 Å². The normalized spacial score (nSPS) is 13.4. The summed E-state index contributed by atoms with van der Waals surface area (Å²) in [7, 11) is 0. The van der Waals surface area contributed by atoms with E-state index in [1.54, 1.807) is 25.7 Å². The van der Waals surface area contributed by atoms with Crippen LogP contribution in [0.2, 0.25) is 0 Å². The summed E-state index contributed by atoms with van der Waals surface area (Å²) in [6.45, 7) is 20.9. The number of ether oxygens (including phenoxy) is 1. The van der Waals surface area contributed by atoms with E-state index in [1.807, 2.05) is 97.9 Å². The lowest BCUT2D eigenvalue weighted by atomic mass is 9.93. The number of benzene rings is 2. The van der Waals surface area contributed by atoms with Gasteiger partial charge in [0.1, 0.15) is 17.7 Å². The fourth-order valence-corrected chi connectivity index (χ4v) is 4.62. The fraction of sp³-hybridized carbons (Fsp3) is 0.531. The minimum absolute atomic E-state index is 0.108. The van der Waals surface area contributed by atoms with E-state index in [9.17, 15) is 14.4 Å². The molecule has 2 aromatic carbocycles. The van der Waals surface area contributed by atoms with E-state index in [4.69, 9.17) is 4.74 Å². The molecule has 0 aliphatic heterocycles.